The molecular weight excluding hydrogens is 298 g/mol. The molecular formula is C13H26ClN3O2S. The van der Waals surface area contributed by atoms with Gasteiger partial charge in [0.1, 0.15) is 0 Å². The lowest BCUT2D eigenvalue weighted by Crippen LogP contribution is -2.55. The number of halogens is 1. The van der Waals surface area contributed by atoms with Crippen LogP contribution in [0.15, 0.2) is 0 Å². The van der Waals surface area contributed by atoms with Crippen LogP contribution < -0.4 is 0 Å². The summed E-state index contributed by atoms with van der Waals surface area (Å²) >= 11 is 5.85. The maximum absolute atomic E-state index is 12.6. The van der Waals surface area contributed by atoms with Crippen LogP contribution in [0.25, 0.3) is 0 Å². The molecule has 0 amide bonds. The first-order valence-corrected chi connectivity index (χ1v) is 9.43. The van der Waals surface area contributed by atoms with Crippen molar-refractivity contribution in [2.24, 2.45) is 5.92 Å². The van der Waals surface area contributed by atoms with E-state index in [4.69, 9.17) is 11.6 Å². The lowest BCUT2D eigenvalue weighted by atomic mass is 10.0. The van der Waals surface area contributed by atoms with Gasteiger partial charge in [-0.25, -0.2) is 0 Å². The van der Waals surface area contributed by atoms with Crippen molar-refractivity contribution in [3.05, 3.63) is 0 Å². The molecule has 2 heterocycles. The summed E-state index contributed by atoms with van der Waals surface area (Å²) in [6.07, 6.45) is 1.77. The predicted octanol–water partition coefficient (Wildman–Crippen LogP) is 1.21. The zero-order valence-electron chi connectivity index (χ0n) is 12.5. The second kappa shape index (κ2) is 6.92. The van der Waals surface area contributed by atoms with Crippen molar-refractivity contribution in [2.45, 2.75) is 32.7 Å². The SMILES string of the molecule is CC(C)N1CCN(S(=O)(=O)N2CCC(CCl)CC2)CC1. The maximum Gasteiger partial charge on any atom is 0.282 e. The van der Waals surface area contributed by atoms with Gasteiger partial charge < -0.3 is 0 Å². The molecule has 7 heteroatoms. The minimum atomic E-state index is -3.27. The van der Waals surface area contributed by atoms with Crippen LogP contribution in [0.2, 0.25) is 0 Å². The average molecular weight is 324 g/mol. The van der Waals surface area contributed by atoms with Gasteiger partial charge >= 0.3 is 0 Å². The van der Waals surface area contributed by atoms with Crippen LogP contribution in [0.5, 0.6) is 0 Å². The molecule has 0 saturated carbocycles. The van der Waals surface area contributed by atoms with Crippen molar-refractivity contribution < 1.29 is 8.42 Å². The molecule has 2 aliphatic heterocycles. The Morgan fingerprint density at radius 3 is 1.95 bits per heavy atom. The molecule has 2 aliphatic rings. The smallest absolute Gasteiger partial charge is 0.282 e. The van der Waals surface area contributed by atoms with E-state index in [0.717, 1.165) is 25.9 Å². The Morgan fingerprint density at radius 2 is 1.50 bits per heavy atom. The molecule has 0 spiro atoms. The van der Waals surface area contributed by atoms with E-state index < -0.39 is 10.2 Å². The predicted molar refractivity (Wildman–Crippen MR) is 82.2 cm³/mol. The van der Waals surface area contributed by atoms with Crippen molar-refractivity contribution in [2.75, 3.05) is 45.1 Å². The fourth-order valence-corrected chi connectivity index (χ4v) is 4.84. The second-order valence-corrected chi connectivity index (χ2v) is 8.27. The van der Waals surface area contributed by atoms with E-state index in [9.17, 15) is 8.42 Å². The quantitative estimate of drug-likeness (QED) is 0.730. The van der Waals surface area contributed by atoms with Crippen LogP contribution in [0, 0.1) is 5.92 Å². The minimum Gasteiger partial charge on any atom is -0.298 e. The van der Waals surface area contributed by atoms with Gasteiger partial charge in [0.15, 0.2) is 0 Å². The summed E-state index contributed by atoms with van der Waals surface area (Å²) < 4.78 is 28.5. The molecule has 20 heavy (non-hydrogen) atoms. The molecule has 0 N–H and O–H groups in total. The number of alkyl halides is 1. The number of hydrogen-bond donors (Lipinski definition) is 0. The molecule has 0 radical (unpaired) electrons. The van der Waals surface area contributed by atoms with Crippen molar-refractivity contribution >= 4 is 21.8 Å². The summed E-state index contributed by atoms with van der Waals surface area (Å²) in [4.78, 5) is 2.33. The van der Waals surface area contributed by atoms with Gasteiger partial charge in [0.2, 0.25) is 0 Å². The van der Waals surface area contributed by atoms with E-state index in [-0.39, 0.29) is 0 Å². The third-order valence-corrected chi connectivity index (χ3v) is 6.92. The summed E-state index contributed by atoms with van der Waals surface area (Å²) in [5.74, 6) is 1.11. The fourth-order valence-electron chi connectivity index (χ4n) is 2.91. The molecule has 2 saturated heterocycles. The lowest BCUT2D eigenvalue weighted by Gasteiger charge is -2.39. The van der Waals surface area contributed by atoms with E-state index in [1.54, 1.807) is 8.61 Å². The van der Waals surface area contributed by atoms with Crippen LogP contribution >= 0.6 is 11.6 Å². The van der Waals surface area contributed by atoms with Gasteiger partial charge in [-0.05, 0) is 32.6 Å². The van der Waals surface area contributed by atoms with E-state index in [0.29, 0.717) is 44.0 Å². The standard InChI is InChI=1S/C13H26ClN3O2S/c1-12(2)15-7-9-17(10-8-15)20(18,19)16-5-3-13(11-14)4-6-16/h12-13H,3-11H2,1-2H3. The number of rotatable bonds is 4. The van der Waals surface area contributed by atoms with Gasteiger partial charge in [-0.2, -0.15) is 17.0 Å². The molecule has 5 nitrogen and oxygen atoms in total. The first-order valence-electron chi connectivity index (χ1n) is 7.50. The Labute approximate surface area is 128 Å². The van der Waals surface area contributed by atoms with Crippen LogP contribution in [-0.4, -0.2) is 73.1 Å². The van der Waals surface area contributed by atoms with Gasteiger partial charge in [-0.3, -0.25) is 4.90 Å². The highest BCUT2D eigenvalue weighted by molar-refractivity contribution is 7.86. The van der Waals surface area contributed by atoms with E-state index in [1.807, 2.05) is 0 Å². The van der Waals surface area contributed by atoms with E-state index >= 15 is 0 Å². The van der Waals surface area contributed by atoms with Gasteiger partial charge in [0, 0.05) is 51.2 Å². The van der Waals surface area contributed by atoms with Gasteiger partial charge in [0.25, 0.3) is 10.2 Å². The van der Waals surface area contributed by atoms with Gasteiger partial charge in [-0.1, -0.05) is 0 Å². The summed E-state index contributed by atoms with van der Waals surface area (Å²) in [5.41, 5.74) is 0. The maximum atomic E-state index is 12.6. The van der Waals surface area contributed by atoms with Gasteiger partial charge in [-0.15, -0.1) is 11.6 Å². The van der Waals surface area contributed by atoms with Crippen LogP contribution in [0.3, 0.4) is 0 Å². The van der Waals surface area contributed by atoms with Gasteiger partial charge in [0.05, 0.1) is 0 Å². The highest BCUT2D eigenvalue weighted by Crippen LogP contribution is 2.23. The van der Waals surface area contributed by atoms with E-state index in [1.165, 1.54) is 0 Å². The number of nitrogens with zero attached hydrogens (tertiary/aromatic N) is 3. The van der Waals surface area contributed by atoms with Crippen molar-refractivity contribution in [1.82, 2.24) is 13.5 Å². The summed E-state index contributed by atoms with van der Waals surface area (Å²) in [5, 5.41) is 0. The average Bonchev–Trinajstić information content (AvgIpc) is 2.47. The minimum absolute atomic E-state index is 0.473. The molecule has 0 unspecified atom stereocenters. The monoisotopic (exact) mass is 323 g/mol. The summed E-state index contributed by atoms with van der Waals surface area (Å²) in [6.45, 7) is 8.41. The number of piperazine rings is 1. The molecule has 0 aromatic rings. The Hall–Kier alpha value is 0.120. The Morgan fingerprint density at radius 1 is 1.00 bits per heavy atom. The van der Waals surface area contributed by atoms with Crippen molar-refractivity contribution in [3.8, 4) is 0 Å². The lowest BCUT2D eigenvalue weighted by molar-refractivity contribution is 0.147. The summed E-state index contributed by atoms with van der Waals surface area (Å²) in [7, 11) is -3.27. The summed E-state index contributed by atoms with van der Waals surface area (Å²) in [6, 6.07) is 0.485. The molecule has 2 rings (SSSR count). The Kier molecular flexibility index (Phi) is 5.71. The molecule has 0 aliphatic carbocycles. The number of hydrogen-bond acceptors (Lipinski definition) is 3. The fraction of sp³-hybridized carbons (Fsp3) is 1.00. The first-order chi connectivity index (χ1) is 9.45. The van der Waals surface area contributed by atoms with Crippen LogP contribution in [-0.2, 0) is 10.2 Å². The third-order valence-electron chi connectivity index (χ3n) is 4.45. The van der Waals surface area contributed by atoms with Crippen LogP contribution in [0.4, 0.5) is 0 Å². The zero-order chi connectivity index (χ0) is 14.8. The normalized spacial score (nSPS) is 25.4. The number of piperidine rings is 1. The first kappa shape index (κ1) is 16.5. The molecule has 0 atom stereocenters. The second-order valence-electron chi connectivity index (χ2n) is 6.03. The molecule has 2 fully saturated rings. The molecule has 0 aromatic heterocycles. The third kappa shape index (κ3) is 3.65. The van der Waals surface area contributed by atoms with Crippen molar-refractivity contribution in [1.29, 1.82) is 0 Å². The highest BCUT2D eigenvalue weighted by Gasteiger charge is 2.34. The highest BCUT2D eigenvalue weighted by atomic mass is 35.5. The topological polar surface area (TPSA) is 43.9 Å². The van der Waals surface area contributed by atoms with Crippen molar-refractivity contribution in [3.63, 3.8) is 0 Å². The molecule has 118 valence electrons. The van der Waals surface area contributed by atoms with Crippen LogP contribution in [0.1, 0.15) is 26.7 Å². The largest absolute Gasteiger partial charge is 0.298 e. The van der Waals surface area contributed by atoms with E-state index in [2.05, 4.69) is 18.7 Å². The molecule has 0 aromatic carbocycles. The Bertz CT molecular complexity index is 400. The Balaban J connectivity index is 1.91. The zero-order valence-corrected chi connectivity index (χ0v) is 14.0. The molecule has 0 bridgehead atoms.